The number of hydrogen-bond donors (Lipinski definition) is 2. The topological polar surface area (TPSA) is 63.2 Å². The highest BCUT2D eigenvalue weighted by molar-refractivity contribution is 6.00. The summed E-state index contributed by atoms with van der Waals surface area (Å²) < 4.78 is 5.43. The highest BCUT2D eigenvalue weighted by Gasteiger charge is 2.07. The summed E-state index contributed by atoms with van der Waals surface area (Å²) in [6, 6.07) is 10.5. The quantitative estimate of drug-likeness (QED) is 0.884. The van der Waals surface area contributed by atoms with Gasteiger partial charge in [-0.15, -0.1) is 0 Å². The first-order valence-electron chi connectivity index (χ1n) is 5.99. The fourth-order valence-corrected chi connectivity index (χ4v) is 1.57. The minimum Gasteiger partial charge on any atom is -0.492 e. The first-order chi connectivity index (χ1) is 9.29. The van der Waals surface area contributed by atoms with Crippen molar-refractivity contribution in [1.29, 1.82) is 0 Å². The Balaban J connectivity index is 2.03. The molecule has 1 aromatic carbocycles. The molecule has 2 N–H and O–H groups in total. The smallest absolute Gasteiger partial charge is 0.323 e. The zero-order valence-electron chi connectivity index (χ0n) is 10.6. The van der Waals surface area contributed by atoms with Gasteiger partial charge in [-0.25, -0.2) is 4.79 Å². The number of carbonyl (C=O) groups excluding carboxylic acids is 1. The number of rotatable bonds is 4. The molecule has 0 bridgehead atoms. The van der Waals surface area contributed by atoms with Crippen LogP contribution in [0.25, 0.3) is 0 Å². The molecule has 0 aliphatic heterocycles. The molecule has 0 saturated carbocycles. The van der Waals surface area contributed by atoms with Gasteiger partial charge in [0.1, 0.15) is 5.75 Å². The summed E-state index contributed by atoms with van der Waals surface area (Å²) >= 11 is 0. The molecular formula is C14H15N3O2. The predicted molar refractivity (Wildman–Crippen MR) is 74.5 cm³/mol. The highest BCUT2D eigenvalue weighted by Crippen LogP contribution is 2.23. The molecule has 5 nitrogen and oxygen atoms in total. The molecule has 0 aliphatic carbocycles. The van der Waals surface area contributed by atoms with E-state index in [2.05, 4.69) is 15.6 Å². The standard InChI is InChI=1S/C14H15N3O2/c1-2-19-13-8-4-3-7-12(13)17-14(18)16-11-6-5-9-15-10-11/h3-10H,2H2,1H3,(H2,16,17,18). The van der Waals surface area contributed by atoms with Crippen molar-refractivity contribution in [2.45, 2.75) is 6.92 Å². The van der Waals surface area contributed by atoms with E-state index in [0.717, 1.165) is 0 Å². The third-order valence-electron chi connectivity index (χ3n) is 2.35. The van der Waals surface area contributed by atoms with Gasteiger partial charge in [0, 0.05) is 6.20 Å². The lowest BCUT2D eigenvalue weighted by molar-refractivity contribution is 0.262. The molecular weight excluding hydrogens is 242 g/mol. The molecule has 2 aromatic rings. The summed E-state index contributed by atoms with van der Waals surface area (Å²) in [7, 11) is 0. The number of carbonyl (C=O) groups is 1. The molecule has 2 amide bonds. The number of para-hydroxylation sites is 2. The van der Waals surface area contributed by atoms with Crippen LogP contribution in [0, 0.1) is 0 Å². The number of nitrogens with one attached hydrogen (secondary N) is 2. The Kier molecular flexibility index (Phi) is 4.34. The molecule has 0 fully saturated rings. The third-order valence-corrected chi connectivity index (χ3v) is 2.35. The van der Waals surface area contributed by atoms with E-state index < -0.39 is 0 Å². The van der Waals surface area contributed by atoms with Gasteiger partial charge in [-0.05, 0) is 31.2 Å². The number of urea groups is 1. The monoisotopic (exact) mass is 257 g/mol. The largest absolute Gasteiger partial charge is 0.492 e. The first-order valence-corrected chi connectivity index (χ1v) is 5.99. The van der Waals surface area contributed by atoms with Crippen molar-refractivity contribution >= 4 is 17.4 Å². The molecule has 0 saturated heterocycles. The number of anilines is 2. The maximum Gasteiger partial charge on any atom is 0.323 e. The van der Waals surface area contributed by atoms with Crippen LogP contribution >= 0.6 is 0 Å². The van der Waals surface area contributed by atoms with Gasteiger partial charge >= 0.3 is 6.03 Å². The summed E-state index contributed by atoms with van der Waals surface area (Å²) in [5.41, 5.74) is 1.26. The van der Waals surface area contributed by atoms with E-state index in [-0.39, 0.29) is 6.03 Å². The second-order valence-electron chi connectivity index (χ2n) is 3.75. The van der Waals surface area contributed by atoms with Gasteiger partial charge in [-0.1, -0.05) is 12.1 Å². The van der Waals surface area contributed by atoms with Crippen molar-refractivity contribution in [1.82, 2.24) is 4.98 Å². The molecule has 0 unspecified atom stereocenters. The number of benzene rings is 1. The Hall–Kier alpha value is -2.56. The second-order valence-corrected chi connectivity index (χ2v) is 3.75. The van der Waals surface area contributed by atoms with Crippen LogP contribution in [0.4, 0.5) is 16.2 Å². The summed E-state index contributed by atoms with van der Waals surface area (Å²) in [6.45, 7) is 2.44. The summed E-state index contributed by atoms with van der Waals surface area (Å²) in [5, 5.41) is 5.43. The van der Waals surface area contributed by atoms with Crippen molar-refractivity contribution < 1.29 is 9.53 Å². The Morgan fingerprint density at radius 3 is 2.79 bits per heavy atom. The SMILES string of the molecule is CCOc1ccccc1NC(=O)Nc1cccnc1. The number of aromatic nitrogens is 1. The van der Waals surface area contributed by atoms with Gasteiger partial charge in [0.25, 0.3) is 0 Å². The third kappa shape index (κ3) is 3.70. The Bertz CT molecular complexity index is 543. The van der Waals surface area contributed by atoms with Crippen LogP contribution in [0.5, 0.6) is 5.75 Å². The normalized spacial score (nSPS) is 9.74. The molecule has 0 aliphatic rings. The fourth-order valence-electron chi connectivity index (χ4n) is 1.57. The summed E-state index contributed by atoms with van der Waals surface area (Å²) in [5.74, 6) is 0.645. The van der Waals surface area contributed by atoms with Crippen molar-refractivity contribution in [2.75, 3.05) is 17.2 Å². The molecule has 98 valence electrons. The zero-order chi connectivity index (χ0) is 13.5. The van der Waals surface area contributed by atoms with Gasteiger partial charge in [0.05, 0.1) is 24.2 Å². The molecule has 0 spiro atoms. The number of hydrogen-bond acceptors (Lipinski definition) is 3. The van der Waals surface area contributed by atoms with E-state index in [1.807, 2.05) is 25.1 Å². The number of pyridine rings is 1. The van der Waals surface area contributed by atoms with Crippen molar-refractivity contribution in [3.8, 4) is 5.75 Å². The van der Waals surface area contributed by atoms with Crippen LogP contribution in [0.2, 0.25) is 0 Å². The fraction of sp³-hybridized carbons (Fsp3) is 0.143. The van der Waals surface area contributed by atoms with Crippen LogP contribution in [0.15, 0.2) is 48.8 Å². The van der Waals surface area contributed by atoms with E-state index in [1.165, 1.54) is 0 Å². The molecule has 5 heteroatoms. The Morgan fingerprint density at radius 1 is 1.21 bits per heavy atom. The molecule has 1 heterocycles. The maximum atomic E-state index is 11.8. The van der Waals surface area contributed by atoms with Gasteiger partial charge in [-0.2, -0.15) is 0 Å². The van der Waals surface area contributed by atoms with Crippen molar-refractivity contribution in [2.24, 2.45) is 0 Å². The van der Waals surface area contributed by atoms with E-state index in [1.54, 1.807) is 30.6 Å². The molecule has 1 aromatic heterocycles. The Morgan fingerprint density at radius 2 is 2.05 bits per heavy atom. The summed E-state index contributed by atoms with van der Waals surface area (Å²) in [4.78, 5) is 15.8. The van der Waals surface area contributed by atoms with E-state index in [0.29, 0.717) is 23.7 Å². The first kappa shape index (κ1) is 12.9. The van der Waals surface area contributed by atoms with Gasteiger partial charge in [0.15, 0.2) is 0 Å². The van der Waals surface area contributed by atoms with Gasteiger partial charge in [0.2, 0.25) is 0 Å². The van der Waals surface area contributed by atoms with Gasteiger partial charge < -0.3 is 15.4 Å². The van der Waals surface area contributed by atoms with Crippen LogP contribution in [-0.2, 0) is 0 Å². The number of amides is 2. The number of nitrogens with zero attached hydrogens (tertiary/aromatic N) is 1. The lowest BCUT2D eigenvalue weighted by Crippen LogP contribution is -2.19. The van der Waals surface area contributed by atoms with Gasteiger partial charge in [-0.3, -0.25) is 4.98 Å². The molecule has 0 atom stereocenters. The maximum absolute atomic E-state index is 11.8. The zero-order valence-corrected chi connectivity index (χ0v) is 10.6. The lowest BCUT2D eigenvalue weighted by atomic mass is 10.3. The number of ether oxygens (including phenoxy) is 1. The van der Waals surface area contributed by atoms with Crippen LogP contribution in [0.3, 0.4) is 0 Å². The highest BCUT2D eigenvalue weighted by atomic mass is 16.5. The molecule has 0 radical (unpaired) electrons. The Labute approximate surface area is 111 Å². The predicted octanol–water partition coefficient (Wildman–Crippen LogP) is 3.12. The van der Waals surface area contributed by atoms with Crippen molar-refractivity contribution in [3.63, 3.8) is 0 Å². The minimum atomic E-state index is -0.333. The average molecular weight is 257 g/mol. The van der Waals surface area contributed by atoms with Crippen LogP contribution in [0.1, 0.15) is 6.92 Å². The molecule has 2 rings (SSSR count). The average Bonchev–Trinajstić information content (AvgIpc) is 2.42. The van der Waals surface area contributed by atoms with E-state index in [4.69, 9.17) is 4.74 Å². The summed E-state index contributed by atoms with van der Waals surface area (Å²) in [6.07, 6.45) is 3.22. The van der Waals surface area contributed by atoms with Crippen molar-refractivity contribution in [3.05, 3.63) is 48.8 Å². The second kappa shape index (κ2) is 6.39. The lowest BCUT2D eigenvalue weighted by Gasteiger charge is -2.11. The molecule has 19 heavy (non-hydrogen) atoms. The minimum absolute atomic E-state index is 0.333. The van der Waals surface area contributed by atoms with Crippen LogP contribution < -0.4 is 15.4 Å². The van der Waals surface area contributed by atoms with E-state index in [9.17, 15) is 4.79 Å². The van der Waals surface area contributed by atoms with E-state index >= 15 is 0 Å². The van der Waals surface area contributed by atoms with Crippen LogP contribution in [-0.4, -0.2) is 17.6 Å².